The van der Waals surface area contributed by atoms with Crippen molar-refractivity contribution in [1.82, 2.24) is 4.90 Å². The highest BCUT2D eigenvalue weighted by atomic mass is 16.6. The van der Waals surface area contributed by atoms with Gasteiger partial charge in [-0.05, 0) is 27.2 Å². The largest absolute Gasteiger partial charge is 0.467 e. The highest BCUT2D eigenvalue weighted by molar-refractivity contribution is 5.82. The van der Waals surface area contributed by atoms with Crippen molar-refractivity contribution < 1.29 is 23.8 Å². The number of ether oxygens (including phenoxy) is 3. The zero-order valence-electron chi connectivity index (χ0n) is 13.4. The maximum absolute atomic E-state index is 12.4. The number of nitrogens with zero attached hydrogens (tertiary/aromatic N) is 1. The molecule has 0 aromatic rings. The van der Waals surface area contributed by atoms with Crippen LogP contribution >= 0.6 is 0 Å². The number of carbonyl (C=O) groups is 2. The van der Waals surface area contributed by atoms with E-state index < -0.39 is 29.9 Å². The fourth-order valence-corrected chi connectivity index (χ4v) is 2.54. The van der Waals surface area contributed by atoms with Gasteiger partial charge in [-0.15, -0.1) is 0 Å². The molecule has 0 aromatic heterocycles. The van der Waals surface area contributed by atoms with Crippen molar-refractivity contribution >= 4 is 12.1 Å². The molecule has 0 spiro atoms. The van der Waals surface area contributed by atoms with E-state index in [4.69, 9.17) is 14.2 Å². The molecule has 1 aliphatic heterocycles. The SMILES string of the molecule is COC(=O)[C@@H]1CC(C)(C)C(OC)N1C(=O)OC(C)(C)C. The second-order valence-electron chi connectivity index (χ2n) is 6.71. The summed E-state index contributed by atoms with van der Waals surface area (Å²) in [5.74, 6) is -0.455. The summed E-state index contributed by atoms with van der Waals surface area (Å²) >= 11 is 0. The van der Waals surface area contributed by atoms with Crippen molar-refractivity contribution in [3.05, 3.63) is 0 Å². The first-order chi connectivity index (χ1) is 9.03. The first-order valence-electron chi connectivity index (χ1n) is 6.65. The van der Waals surface area contributed by atoms with E-state index >= 15 is 0 Å². The molecule has 0 aromatic carbocycles. The molecule has 2 atom stereocenters. The fourth-order valence-electron chi connectivity index (χ4n) is 2.54. The highest BCUT2D eigenvalue weighted by Crippen LogP contribution is 2.41. The zero-order chi connectivity index (χ0) is 15.7. The Labute approximate surface area is 120 Å². The first-order valence-corrected chi connectivity index (χ1v) is 6.65. The molecule has 1 rings (SSSR count). The summed E-state index contributed by atoms with van der Waals surface area (Å²) in [6, 6.07) is -0.685. The summed E-state index contributed by atoms with van der Waals surface area (Å²) in [5, 5.41) is 0. The summed E-state index contributed by atoms with van der Waals surface area (Å²) in [6.45, 7) is 9.23. The Morgan fingerprint density at radius 3 is 2.15 bits per heavy atom. The van der Waals surface area contributed by atoms with Crippen molar-refractivity contribution in [3.63, 3.8) is 0 Å². The van der Waals surface area contributed by atoms with E-state index in [1.807, 2.05) is 13.8 Å². The van der Waals surface area contributed by atoms with E-state index in [0.717, 1.165) is 0 Å². The van der Waals surface area contributed by atoms with Gasteiger partial charge in [0.1, 0.15) is 17.9 Å². The predicted molar refractivity (Wildman–Crippen MR) is 73.1 cm³/mol. The van der Waals surface area contributed by atoms with Gasteiger partial charge in [-0.3, -0.25) is 4.90 Å². The lowest BCUT2D eigenvalue weighted by molar-refractivity contribution is -0.148. The quantitative estimate of drug-likeness (QED) is 0.728. The van der Waals surface area contributed by atoms with E-state index in [9.17, 15) is 9.59 Å². The van der Waals surface area contributed by atoms with Crippen LogP contribution in [0.2, 0.25) is 0 Å². The molecule has 0 bridgehead atoms. The average Bonchev–Trinajstić information content (AvgIpc) is 2.57. The van der Waals surface area contributed by atoms with E-state index in [1.54, 1.807) is 20.8 Å². The lowest BCUT2D eigenvalue weighted by atomic mass is 9.89. The number of hydrogen-bond donors (Lipinski definition) is 0. The van der Waals surface area contributed by atoms with E-state index in [2.05, 4.69) is 0 Å². The van der Waals surface area contributed by atoms with Gasteiger partial charge in [0, 0.05) is 12.5 Å². The fraction of sp³-hybridized carbons (Fsp3) is 0.857. The number of likely N-dealkylation sites (tertiary alicyclic amines) is 1. The molecule has 1 heterocycles. The summed E-state index contributed by atoms with van der Waals surface area (Å²) in [4.78, 5) is 25.6. The molecule has 1 aliphatic rings. The molecule has 1 unspecified atom stereocenters. The minimum Gasteiger partial charge on any atom is -0.467 e. The smallest absolute Gasteiger partial charge is 0.413 e. The van der Waals surface area contributed by atoms with Crippen LogP contribution in [0.1, 0.15) is 41.0 Å². The second kappa shape index (κ2) is 5.60. The van der Waals surface area contributed by atoms with Crippen LogP contribution in [0.4, 0.5) is 4.79 Å². The molecule has 1 saturated heterocycles. The Morgan fingerprint density at radius 1 is 1.20 bits per heavy atom. The summed E-state index contributed by atoms with van der Waals surface area (Å²) in [6.07, 6.45) is -0.621. The summed E-state index contributed by atoms with van der Waals surface area (Å²) in [5.41, 5.74) is -0.993. The zero-order valence-corrected chi connectivity index (χ0v) is 13.4. The van der Waals surface area contributed by atoms with Gasteiger partial charge in [0.15, 0.2) is 0 Å². The number of amides is 1. The Bertz CT molecular complexity index is 386. The van der Waals surface area contributed by atoms with Crippen LogP contribution in [0.3, 0.4) is 0 Å². The van der Waals surface area contributed by atoms with E-state index in [-0.39, 0.29) is 5.41 Å². The Balaban J connectivity index is 3.07. The van der Waals surface area contributed by atoms with E-state index in [0.29, 0.717) is 6.42 Å². The van der Waals surface area contributed by atoms with Gasteiger partial charge in [-0.1, -0.05) is 13.8 Å². The third kappa shape index (κ3) is 3.42. The Morgan fingerprint density at radius 2 is 1.75 bits per heavy atom. The molecule has 0 saturated carbocycles. The van der Waals surface area contributed by atoms with Gasteiger partial charge in [-0.25, -0.2) is 9.59 Å². The molecule has 0 N–H and O–H groups in total. The molecule has 116 valence electrons. The maximum atomic E-state index is 12.4. The Hall–Kier alpha value is -1.30. The molecule has 6 heteroatoms. The monoisotopic (exact) mass is 287 g/mol. The van der Waals surface area contributed by atoms with Gasteiger partial charge in [0.2, 0.25) is 0 Å². The molecule has 0 radical (unpaired) electrons. The normalized spacial score (nSPS) is 25.4. The number of rotatable bonds is 2. The summed E-state index contributed by atoms with van der Waals surface area (Å²) < 4.78 is 15.6. The van der Waals surface area contributed by atoms with Crippen LogP contribution in [0.15, 0.2) is 0 Å². The number of esters is 1. The predicted octanol–water partition coefficient (Wildman–Crippen LogP) is 2.17. The maximum Gasteiger partial charge on any atom is 0.413 e. The molecule has 20 heavy (non-hydrogen) atoms. The van der Waals surface area contributed by atoms with Crippen molar-refractivity contribution in [3.8, 4) is 0 Å². The average molecular weight is 287 g/mol. The van der Waals surface area contributed by atoms with Crippen LogP contribution in [-0.4, -0.2) is 49.1 Å². The second-order valence-corrected chi connectivity index (χ2v) is 6.71. The standard InChI is InChI=1S/C14H25NO5/c1-13(2,3)20-12(17)15-9(10(16)18-6)8-14(4,5)11(15)19-7/h9,11H,8H2,1-7H3/t9-,11?/m0/s1. The molecular formula is C14H25NO5. The summed E-state index contributed by atoms with van der Waals surface area (Å²) in [7, 11) is 2.83. The minimum absolute atomic E-state index is 0.357. The molecule has 6 nitrogen and oxygen atoms in total. The van der Waals surface area contributed by atoms with Crippen LogP contribution in [-0.2, 0) is 19.0 Å². The number of hydrogen-bond acceptors (Lipinski definition) is 5. The lowest BCUT2D eigenvalue weighted by Crippen LogP contribution is -2.49. The third-order valence-electron chi connectivity index (χ3n) is 3.28. The van der Waals surface area contributed by atoms with Crippen molar-refractivity contribution in [2.45, 2.75) is 58.9 Å². The molecule has 1 amide bonds. The Kier molecular flexibility index (Phi) is 4.69. The first kappa shape index (κ1) is 16.8. The van der Waals surface area contributed by atoms with E-state index in [1.165, 1.54) is 19.1 Å². The van der Waals surface area contributed by atoms with Crippen LogP contribution in [0.25, 0.3) is 0 Å². The van der Waals surface area contributed by atoms with Crippen molar-refractivity contribution in [2.75, 3.05) is 14.2 Å². The van der Waals surface area contributed by atoms with Crippen molar-refractivity contribution in [1.29, 1.82) is 0 Å². The van der Waals surface area contributed by atoms with Crippen molar-refractivity contribution in [2.24, 2.45) is 5.41 Å². The minimum atomic E-state index is -0.685. The topological polar surface area (TPSA) is 65.1 Å². The lowest BCUT2D eigenvalue weighted by Gasteiger charge is -2.33. The van der Waals surface area contributed by atoms with Crippen LogP contribution in [0.5, 0.6) is 0 Å². The van der Waals surface area contributed by atoms with Gasteiger partial charge in [0.05, 0.1) is 7.11 Å². The van der Waals surface area contributed by atoms with Gasteiger partial charge in [0.25, 0.3) is 0 Å². The molecular weight excluding hydrogens is 262 g/mol. The highest BCUT2D eigenvalue weighted by Gasteiger charge is 2.53. The van der Waals surface area contributed by atoms with Crippen LogP contribution in [0, 0.1) is 5.41 Å². The number of carbonyl (C=O) groups excluding carboxylic acids is 2. The molecule has 1 fully saturated rings. The van der Waals surface area contributed by atoms with Gasteiger partial charge >= 0.3 is 12.1 Å². The van der Waals surface area contributed by atoms with Gasteiger partial charge < -0.3 is 14.2 Å². The number of methoxy groups -OCH3 is 2. The molecule has 0 aliphatic carbocycles. The van der Waals surface area contributed by atoms with Crippen LogP contribution < -0.4 is 0 Å². The van der Waals surface area contributed by atoms with Gasteiger partial charge in [-0.2, -0.15) is 0 Å². The third-order valence-corrected chi connectivity index (χ3v) is 3.28.